The lowest BCUT2D eigenvalue weighted by atomic mass is 10.1. The van der Waals surface area contributed by atoms with Gasteiger partial charge >= 0.3 is 0 Å². The van der Waals surface area contributed by atoms with Gasteiger partial charge in [-0.05, 0) is 68.8 Å². The number of nitrogens with two attached hydrogens (primary N) is 1. The molecule has 9 nitrogen and oxygen atoms in total. The fraction of sp³-hybridized carbons (Fsp3) is 0.269. The van der Waals surface area contributed by atoms with Crippen LogP contribution < -0.4 is 21.7 Å². The zero-order valence-corrected chi connectivity index (χ0v) is 22.2. The van der Waals surface area contributed by atoms with E-state index >= 15 is 0 Å². The number of aromatic nitrogens is 1. The highest BCUT2D eigenvalue weighted by molar-refractivity contribution is 7.90. The number of nitrogens with one attached hydrogen (secondary N) is 3. The Morgan fingerprint density at radius 1 is 0.919 bits per heavy atom. The Morgan fingerprint density at radius 2 is 1.68 bits per heavy atom. The van der Waals surface area contributed by atoms with Crippen molar-refractivity contribution in [1.29, 1.82) is 0 Å². The van der Waals surface area contributed by atoms with Crippen LogP contribution in [-0.4, -0.2) is 44.6 Å². The average Bonchev–Trinajstić information content (AvgIpc) is 2.85. The number of carbonyl (C=O) groups excluding carboxylic acids is 2. The van der Waals surface area contributed by atoms with Gasteiger partial charge in [-0.3, -0.25) is 9.59 Å². The summed E-state index contributed by atoms with van der Waals surface area (Å²) < 4.78 is 24.2. The maximum atomic E-state index is 13.3. The lowest BCUT2D eigenvalue weighted by Crippen LogP contribution is -2.20. The first kappa shape index (κ1) is 28.1. The molecule has 0 atom stereocenters. The molecule has 3 aromatic rings. The summed E-state index contributed by atoms with van der Waals surface area (Å²) in [5.41, 5.74) is 7.54. The number of halogens is 1. The average molecular weight is 544 g/mol. The predicted octanol–water partition coefficient (Wildman–Crippen LogP) is 4.49. The van der Waals surface area contributed by atoms with Gasteiger partial charge in [0.25, 0.3) is 11.8 Å². The van der Waals surface area contributed by atoms with E-state index in [9.17, 15) is 18.0 Å². The van der Waals surface area contributed by atoms with Crippen molar-refractivity contribution >= 4 is 50.4 Å². The van der Waals surface area contributed by atoms with E-state index < -0.39 is 21.7 Å². The third kappa shape index (κ3) is 8.01. The second-order valence-electron chi connectivity index (χ2n) is 8.57. The predicted molar refractivity (Wildman–Crippen MR) is 147 cm³/mol. The summed E-state index contributed by atoms with van der Waals surface area (Å²) in [7, 11) is -3.48. The summed E-state index contributed by atoms with van der Waals surface area (Å²) in [6.07, 6.45) is 5.12. The highest BCUT2D eigenvalue weighted by Gasteiger charge is 2.19. The van der Waals surface area contributed by atoms with Crippen molar-refractivity contribution in [3.63, 3.8) is 0 Å². The zero-order chi connectivity index (χ0) is 27.0. The number of unbranched alkanes of at least 4 members (excludes halogenated alkanes) is 2. The molecule has 5 N–H and O–H groups in total. The van der Waals surface area contributed by atoms with Crippen LogP contribution in [0, 0.1) is 6.92 Å². The molecule has 2 amide bonds. The molecular weight excluding hydrogens is 514 g/mol. The molecule has 11 heteroatoms. The molecule has 0 spiro atoms. The summed E-state index contributed by atoms with van der Waals surface area (Å²) in [6.45, 7) is 2.97. The number of hydrogen-bond donors (Lipinski definition) is 4. The molecule has 0 saturated heterocycles. The number of rotatable bonds is 11. The summed E-state index contributed by atoms with van der Waals surface area (Å²) >= 11 is 5.86. The first-order valence-corrected chi connectivity index (χ1v) is 14.0. The van der Waals surface area contributed by atoms with Crippen LogP contribution in [0.3, 0.4) is 0 Å². The molecule has 2 aromatic carbocycles. The third-order valence-corrected chi connectivity index (χ3v) is 6.83. The van der Waals surface area contributed by atoms with Crippen LogP contribution in [-0.2, 0) is 9.84 Å². The number of anilines is 3. The second-order valence-corrected chi connectivity index (χ2v) is 11.0. The lowest BCUT2D eigenvalue weighted by molar-refractivity contribution is 0.102. The van der Waals surface area contributed by atoms with Gasteiger partial charge in [0.2, 0.25) is 0 Å². The Morgan fingerprint density at radius 3 is 2.35 bits per heavy atom. The number of sulfone groups is 1. The van der Waals surface area contributed by atoms with E-state index in [-0.39, 0.29) is 16.0 Å². The SMILES string of the molecule is Cc1ccc(NC(=O)c2ccc(S(C)(=O)=O)cc2NCCCCCN)c(C(=O)Nc2ccc(Cl)cn2)c1. The molecule has 3 rings (SSSR count). The van der Waals surface area contributed by atoms with Crippen LogP contribution in [0.4, 0.5) is 17.2 Å². The number of pyridine rings is 1. The minimum atomic E-state index is -3.48. The highest BCUT2D eigenvalue weighted by atomic mass is 35.5. The van der Waals surface area contributed by atoms with Crippen LogP contribution in [0.2, 0.25) is 5.02 Å². The van der Waals surface area contributed by atoms with E-state index in [0.717, 1.165) is 31.1 Å². The monoisotopic (exact) mass is 543 g/mol. The summed E-state index contributed by atoms with van der Waals surface area (Å²) in [6, 6.07) is 12.5. The maximum Gasteiger partial charge on any atom is 0.258 e. The first-order valence-electron chi connectivity index (χ1n) is 11.7. The van der Waals surface area contributed by atoms with E-state index in [4.69, 9.17) is 17.3 Å². The molecule has 0 saturated carbocycles. The Balaban J connectivity index is 1.86. The minimum Gasteiger partial charge on any atom is -0.384 e. The van der Waals surface area contributed by atoms with E-state index in [1.165, 1.54) is 24.4 Å². The van der Waals surface area contributed by atoms with E-state index in [1.54, 1.807) is 30.3 Å². The van der Waals surface area contributed by atoms with E-state index in [2.05, 4.69) is 20.9 Å². The zero-order valence-electron chi connectivity index (χ0n) is 20.7. The number of carbonyl (C=O) groups is 2. The molecule has 0 aliphatic rings. The molecule has 1 heterocycles. The lowest BCUT2D eigenvalue weighted by Gasteiger charge is -2.16. The van der Waals surface area contributed by atoms with Gasteiger partial charge in [-0.1, -0.05) is 29.7 Å². The Hall–Kier alpha value is -3.47. The smallest absolute Gasteiger partial charge is 0.258 e. The van der Waals surface area contributed by atoms with Gasteiger partial charge in [-0.2, -0.15) is 0 Å². The van der Waals surface area contributed by atoms with Gasteiger partial charge in [0.1, 0.15) is 5.82 Å². The van der Waals surface area contributed by atoms with Crippen molar-refractivity contribution < 1.29 is 18.0 Å². The molecule has 0 bridgehead atoms. The van der Waals surface area contributed by atoms with Crippen molar-refractivity contribution in [2.24, 2.45) is 5.73 Å². The molecular formula is C26H30ClN5O4S. The minimum absolute atomic E-state index is 0.0966. The summed E-state index contributed by atoms with van der Waals surface area (Å²) in [5.74, 6) is -0.641. The first-order chi connectivity index (χ1) is 17.6. The van der Waals surface area contributed by atoms with Crippen molar-refractivity contribution in [1.82, 2.24) is 4.98 Å². The molecule has 1 aromatic heterocycles. The number of nitrogens with zero attached hydrogens (tertiary/aromatic N) is 1. The normalized spacial score (nSPS) is 11.1. The molecule has 0 unspecified atom stereocenters. The second kappa shape index (κ2) is 12.7. The summed E-state index contributed by atoms with van der Waals surface area (Å²) in [5, 5.41) is 9.10. The molecule has 37 heavy (non-hydrogen) atoms. The fourth-order valence-electron chi connectivity index (χ4n) is 3.55. The van der Waals surface area contributed by atoms with Crippen LogP contribution in [0.5, 0.6) is 0 Å². The number of hydrogen-bond acceptors (Lipinski definition) is 7. The van der Waals surface area contributed by atoms with Gasteiger partial charge in [0.05, 0.1) is 26.7 Å². The standard InChI is InChI=1S/C26H30ClN5O4S/c1-17-6-10-22(21(14-17)26(34)32-24-11-7-18(27)16-30-24)31-25(33)20-9-8-19(37(2,35)36)15-23(20)29-13-5-3-4-12-28/h6-11,14-16,29H,3-5,12-13,28H2,1-2H3,(H,31,33)(H,30,32,34). The van der Waals surface area contributed by atoms with Crippen LogP contribution in [0.1, 0.15) is 45.5 Å². The Labute approximate surface area is 221 Å². The van der Waals surface area contributed by atoms with E-state index in [1.807, 2.05) is 6.92 Å². The number of aryl methyl sites for hydroxylation is 1. The van der Waals surface area contributed by atoms with Gasteiger partial charge in [-0.15, -0.1) is 0 Å². The molecule has 0 radical (unpaired) electrons. The van der Waals surface area contributed by atoms with Crippen molar-refractivity contribution in [2.75, 3.05) is 35.3 Å². The van der Waals surface area contributed by atoms with E-state index in [0.29, 0.717) is 35.3 Å². The molecule has 0 aliphatic heterocycles. The number of amides is 2. The quantitative estimate of drug-likeness (QED) is 0.261. The third-order valence-electron chi connectivity index (χ3n) is 5.50. The van der Waals surface area contributed by atoms with Gasteiger partial charge in [-0.25, -0.2) is 13.4 Å². The Kier molecular flexibility index (Phi) is 9.62. The number of benzene rings is 2. The Bertz CT molecular complexity index is 1380. The maximum absolute atomic E-state index is 13.3. The van der Waals surface area contributed by atoms with Crippen LogP contribution >= 0.6 is 11.6 Å². The molecule has 196 valence electrons. The van der Waals surface area contributed by atoms with Crippen molar-refractivity contribution in [3.8, 4) is 0 Å². The van der Waals surface area contributed by atoms with Crippen molar-refractivity contribution in [2.45, 2.75) is 31.1 Å². The molecule has 0 aliphatic carbocycles. The summed E-state index contributed by atoms with van der Waals surface area (Å²) in [4.78, 5) is 30.5. The largest absolute Gasteiger partial charge is 0.384 e. The van der Waals surface area contributed by atoms with Crippen molar-refractivity contribution in [3.05, 3.63) is 76.4 Å². The topological polar surface area (TPSA) is 143 Å². The van der Waals surface area contributed by atoms with Gasteiger partial charge < -0.3 is 21.7 Å². The van der Waals surface area contributed by atoms with Gasteiger partial charge in [0, 0.05) is 24.7 Å². The van der Waals surface area contributed by atoms with Crippen LogP contribution in [0.15, 0.2) is 59.6 Å². The fourth-order valence-corrected chi connectivity index (χ4v) is 4.30. The molecule has 0 fully saturated rings. The van der Waals surface area contributed by atoms with Crippen LogP contribution in [0.25, 0.3) is 0 Å². The highest BCUT2D eigenvalue weighted by Crippen LogP contribution is 2.25. The van der Waals surface area contributed by atoms with Gasteiger partial charge in [0.15, 0.2) is 9.84 Å².